The molecule has 1 saturated heterocycles. The summed E-state index contributed by atoms with van der Waals surface area (Å²) in [5, 5.41) is 5.52. The molecule has 2 heterocycles. The summed E-state index contributed by atoms with van der Waals surface area (Å²) in [5.74, 6) is -0.837. The number of amides is 1. The largest absolute Gasteiger partial charge is 0.348 e. The summed E-state index contributed by atoms with van der Waals surface area (Å²) >= 11 is 1.47. The Kier molecular flexibility index (Phi) is 5.69. The van der Waals surface area contributed by atoms with Crippen LogP contribution >= 0.6 is 11.3 Å². The van der Waals surface area contributed by atoms with E-state index in [1.165, 1.54) is 27.8 Å². The Hall–Kier alpha value is -1.84. The number of thiazole rings is 1. The third kappa shape index (κ3) is 3.94. The zero-order chi connectivity index (χ0) is 18.7. The number of hydrogen-bond donors (Lipinski definition) is 1. The van der Waals surface area contributed by atoms with Crippen LogP contribution in [0.3, 0.4) is 0 Å². The third-order valence-electron chi connectivity index (χ3n) is 4.30. The topological polar surface area (TPSA) is 79.4 Å². The van der Waals surface area contributed by atoms with Crippen LogP contribution in [0, 0.1) is 5.82 Å². The third-order valence-corrected chi connectivity index (χ3v) is 7.12. The lowest BCUT2D eigenvalue weighted by molar-refractivity contribution is -0.124. The molecule has 1 aromatic heterocycles. The van der Waals surface area contributed by atoms with E-state index >= 15 is 0 Å². The van der Waals surface area contributed by atoms with E-state index in [4.69, 9.17) is 0 Å². The van der Waals surface area contributed by atoms with Crippen molar-refractivity contribution in [2.24, 2.45) is 0 Å². The Bertz CT molecular complexity index is 881. The summed E-state index contributed by atoms with van der Waals surface area (Å²) in [4.78, 5) is 16.9. The molecule has 0 radical (unpaired) electrons. The Morgan fingerprint density at radius 2 is 2.12 bits per heavy atom. The normalized spacial score (nSPS) is 18.2. The van der Waals surface area contributed by atoms with Crippen molar-refractivity contribution in [1.82, 2.24) is 14.6 Å². The van der Waals surface area contributed by atoms with Crippen molar-refractivity contribution >= 4 is 27.3 Å². The van der Waals surface area contributed by atoms with Crippen molar-refractivity contribution in [3.63, 3.8) is 0 Å². The van der Waals surface area contributed by atoms with Crippen LogP contribution in [-0.2, 0) is 27.8 Å². The number of carbonyl (C=O) groups is 1. The molecule has 0 saturated carbocycles. The van der Waals surface area contributed by atoms with Gasteiger partial charge < -0.3 is 5.32 Å². The summed E-state index contributed by atoms with van der Waals surface area (Å²) in [6.07, 6.45) is 1.90. The summed E-state index contributed by atoms with van der Waals surface area (Å²) in [6.45, 7) is 2.56. The van der Waals surface area contributed by atoms with E-state index in [-0.39, 0.29) is 23.9 Å². The average Bonchev–Trinajstić information content (AvgIpc) is 3.29. The van der Waals surface area contributed by atoms with Gasteiger partial charge in [-0.3, -0.25) is 4.79 Å². The molecule has 1 aliphatic heterocycles. The molecule has 6 nitrogen and oxygen atoms in total. The molecule has 1 aromatic carbocycles. The first kappa shape index (κ1) is 18.9. The Labute approximate surface area is 156 Å². The van der Waals surface area contributed by atoms with Crippen LogP contribution in [-0.4, -0.2) is 36.2 Å². The standard InChI is InChI=1S/C17H20FN3O3S2/c1-2-13-11-25-16(20-13)10-19-17(22)15-4-3-9-21(15)26(23,24)14-7-5-12(18)6-8-14/h5-8,11,15H,2-4,9-10H2,1H3,(H,19,22). The molecule has 1 N–H and O–H groups in total. The van der Waals surface area contributed by atoms with E-state index in [1.54, 1.807) is 0 Å². The number of halogens is 1. The van der Waals surface area contributed by atoms with Gasteiger partial charge in [0.25, 0.3) is 0 Å². The SMILES string of the molecule is CCc1csc(CNC(=O)C2CCCN2S(=O)(=O)c2ccc(F)cc2)n1. The van der Waals surface area contributed by atoms with E-state index in [2.05, 4.69) is 10.3 Å². The van der Waals surface area contributed by atoms with Crippen LogP contribution < -0.4 is 5.32 Å². The molecule has 0 aliphatic carbocycles. The first-order valence-electron chi connectivity index (χ1n) is 8.40. The molecule has 1 atom stereocenters. The minimum absolute atomic E-state index is 0.00823. The highest BCUT2D eigenvalue weighted by atomic mass is 32.2. The molecule has 26 heavy (non-hydrogen) atoms. The quantitative estimate of drug-likeness (QED) is 0.811. The minimum atomic E-state index is -3.84. The lowest BCUT2D eigenvalue weighted by atomic mass is 10.2. The van der Waals surface area contributed by atoms with Gasteiger partial charge in [-0.05, 0) is 43.5 Å². The van der Waals surface area contributed by atoms with Gasteiger partial charge in [0.05, 0.1) is 17.1 Å². The van der Waals surface area contributed by atoms with Crippen LogP contribution in [0.15, 0.2) is 34.5 Å². The van der Waals surface area contributed by atoms with Gasteiger partial charge in [-0.15, -0.1) is 11.3 Å². The Balaban J connectivity index is 1.70. The van der Waals surface area contributed by atoms with E-state index in [1.807, 2.05) is 12.3 Å². The van der Waals surface area contributed by atoms with Gasteiger partial charge in [0.2, 0.25) is 15.9 Å². The minimum Gasteiger partial charge on any atom is -0.348 e. The van der Waals surface area contributed by atoms with Crippen molar-refractivity contribution in [2.75, 3.05) is 6.54 Å². The second-order valence-electron chi connectivity index (χ2n) is 6.03. The van der Waals surface area contributed by atoms with Gasteiger partial charge in [-0.25, -0.2) is 17.8 Å². The van der Waals surface area contributed by atoms with E-state index in [9.17, 15) is 17.6 Å². The first-order chi connectivity index (χ1) is 12.4. The zero-order valence-corrected chi connectivity index (χ0v) is 15.9. The van der Waals surface area contributed by atoms with E-state index in [0.717, 1.165) is 29.3 Å². The number of sulfonamides is 1. The Morgan fingerprint density at radius 3 is 2.77 bits per heavy atom. The maximum atomic E-state index is 13.1. The number of aryl methyl sites for hydroxylation is 1. The Morgan fingerprint density at radius 1 is 1.38 bits per heavy atom. The summed E-state index contributed by atoms with van der Waals surface area (Å²) in [6, 6.07) is 3.90. The van der Waals surface area contributed by atoms with Crippen molar-refractivity contribution in [1.29, 1.82) is 0 Å². The molecule has 1 fully saturated rings. The van der Waals surface area contributed by atoms with Crippen molar-refractivity contribution in [2.45, 2.75) is 43.7 Å². The van der Waals surface area contributed by atoms with Gasteiger partial charge >= 0.3 is 0 Å². The molecule has 9 heteroatoms. The molecule has 1 aliphatic rings. The number of hydrogen-bond acceptors (Lipinski definition) is 5. The molecular weight excluding hydrogens is 377 g/mol. The van der Waals surface area contributed by atoms with Crippen LogP contribution in [0.25, 0.3) is 0 Å². The second kappa shape index (κ2) is 7.81. The summed E-state index contributed by atoms with van der Waals surface area (Å²) < 4.78 is 39.9. The number of aromatic nitrogens is 1. The highest BCUT2D eigenvalue weighted by molar-refractivity contribution is 7.89. The van der Waals surface area contributed by atoms with Gasteiger partial charge in [0.15, 0.2) is 0 Å². The summed E-state index contributed by atoms with van der Waals surface area (Å²) in [7, 11) is -3.84. The van der Waals surface area contributed by atoms with E-state index in [0.29, 0.717) is 12.8 Å². The predicted molar refractivity (Wildman–Crippen MR) is 96.7 cm³/mol. The first-order valence-corrected chi connectivity index (χ1v) is 10.7. The highest BCUT2D eigenvalue weighted by Crippen LogP contribution is 2.26. The molecular formula is C17H20FN3O3S2. The highest BCUT2D eigenvalue weighted by Gasteiger charge is 2.39. The number of benzene rings is 1. The van der Waals surface area contributed by atoms with Gasteiger partial charge in [0, 0.05) is 11.9 Å². The summed E-state index contributed by atoms with van der Waals surface area (Å²) in [5.41, 5.74) is 0.973. The fourth-order valence-corrected chi connectivity index (χ4v) is 5.38. The molecule has 3 rings (SSSR count). The molecule has 140 valence electrons. The molecule has 2 aromatic rings. The maximum absolute atomic E-state index is 13.1. The van der Waals surface area contributed by atoms with Crippen molar-refractivity contribution in [3.05, 3.63) is 46.2 Å². The molecule has 0 spiro atoms. The molecule has 0 bridgehead atoms. The number of nitrogens with one attached hydrogen (secondary N) is 1. The smallest absolute Gasteiger partial charge is 0.243 e. The van der Waals surface area contributed by atoms with Crippen LogP contribution in [0.2, 0.25) is 0 Å². The zero-order valence-electron chi connectivity index (χ0n) is 14.3. The van der Waals surface area contributed by atoms with Crippen LogP contribution in [0.1, 0.15) is 30.5 Å². The van der Waals surface area contributed by atoms with Gasteiger partial charge in [-0.2, -0.15) is 4.31 Å². The predicted octanol–water partition coefficient (Wildman–Crippen LogP) is 2.31. The maximum Gasteiger partial charge on any atom is 0.243 e. The number of carbonyl (C=O) groups excluding carboxylic acids is 1. The lowest BCUT2D eigenvalue weighted by Gasteiger charge is -2.23. The van der Waals surface area contributed by atoms with Crippen LogP contribution in [0.5, 0.6) is 0 Å². The van der Waals surface area contributed by atoms with Crippen LogP contribution in [0.4, 0.5) is 4.39 Å². The van der Waals surface area contributed by atoms with Gasteiger partial charge in [-0.1, -0.05) is 6.92 Å². The molecule has 1 unspecified atom stereocenters. The fraction of sp³-hybridized carbons (Fsp3) is 0.412. The van der Waals surface area contributed by atoms with Crippen molar-refractivity contribution < 1.29 is 17.6 Å². The lowest BCUT2D eigenvalue weighted by Crippen LogP contribution is -2.45. The number of nitrogens with zero attached hydrogens (tertiary/aromatic N) is 2. The monoisotopic (exact) mass is 397 g/mol. The van der Waals surface area contributed by atoms with Crippen molar-refractivity contribution in [3.8, 4) is 0 Å². The second-order valence-corrected chi connectivity index (χ2v) is 8.86. The van der Waals surface area contributed by atoms with E-state index < -0.39 is 21.9 Å². The number of rotatable bonds is 6. The fourth-order valence-electron chi connectivity index (χ4n) is 2.90. The molecule has 1 amide bonds. The average molecular weight is 397 g/mol. The van der Waals surface area contributed by atoms with Gasteiger partial charge in [0.1, 0.15) is 16.9 Å².